The second-order valence-electron chi connectivity index (χ2n) is 3.74. The molecule has 0 aliphatic rings. The average Bonchev–Trinajstić information content (AvgIpc) is 2.23. The molecule has 0 unspecified atom stereocenters. The molecule has 2 N–H and O–H groups in total. The van der Waals surface area contributed by atoms with Crippen molar-refractivity contribution < 1.29 is 14.6 Å². The van der Waals surface area contributed by atoms with Gasteiger partial charge in [-0.15, -0.1) is 11.8 Å². The van der Waals surface area contributed by atoms with Gasteiger partial charge in [0.2, 0.25) is 0 Å². The number of thioether (sulfide) groups is 1. The lowest BCUT2D eigenvalue weighted by Crippen LogP contribution is -1.98. The van der Waals surface area contributed by atoms with E-state index in [1.807, 2.05) is 0 Å². The minimum Gasteiger partial charge on any atom is -0.396 e. The molecule has 0 saturated carbocycles. The fourth-order valence-corrected chi connectivity index (χ4v) is 2.52. The van der Waals surface area contributed by atoms with E-state index in [0.29, 0.717) is 17.5 Å². The van der Waals surface area contributed by atoms with E-state index in [4.69, 9.17) is 5.11 Å². The van der Waals surface area contributed by atoms with Gasteiger partial charge >= 0.3 is 0 Å². The van der Waals surface area contributed by atoms with Crippen molar-refractivity contribution in [2.24, 2.45) is 0 Å². The van der Waals surface area contributed by atoms with Crippen LogP contribution in [0, 0.1) is 12.7 Å². The van der Waals surface area contributed by atoms with Crippen LogP contribution in [0.15, 0.2) is 17.0 Å². The molecule has 1 aromatic carbocycles. The van der Waals surface area contributed by atoms with Gasteiger partial charge in [0.1, 0.15) is 5.82 Å². The SMILES string of the molecule is Cc1cc(SCCCO)c([C@@H](C)O)cc1F. The van der Waals surface area contributed by atoms with Crippen LogP contribution in [0.1, 0.15) is 30.6 Å². The Morgan fingerprint density at radius 3 is 2.69 bits per heavy atom. The second kappa shape index (κ2) is 6.23. The maximum atomic E-state index is 13.3. The summed E-state index contributed by atoms with van der Waals surface area (Å²) in [5.74, 6) is 0.476. The molecular weight excluding hydrogens is 227 g/mol. The van der Waals surface area contributed by atoms with E-state index in [-0.39, 0.29) is 12.4 Å². The summed E-state index contributed by atoms with van der Waals surface area (Å²) in [5, 5.41) is 18.2. The Morgan fingerprint density at radius 2 is 2.12 bits per heavy atom. The van der Waals surface area contributed by atoms with E-state index in [2.05, 4.69) is 0 Å². The zero-order valence-corrected chi connectivity index (χ0v) is 10.4. The molecule has 0 radical (unpaired) electrons. The molecule has 0 aromatic heterocycles. The van der Waals surface area contributed by atoms with E-state index in [0.717, 1.165) is 10.6 Å². The fourth-order valence-electron chi connectivity index (χ4n) is 1.37. The lowest BCUT2D eigenvalue weighted by molar-refractivity contribution is 0.196. The maximum Gasteiger partial charge on any atom is 0.126 e. The van der Waals surface area contributed by atoms with Crippen molar-refractivity contribution in [3.63, 3.8) is 0 Å². The van der Waals surface area contributed by atoms with Crippen molar-refractivity contribution in [3.8, 4) is 0 Å². The zero-order chi connectivity index (χ0) is 12.1. The number of aryl methyl sites for hydroxylation is 1. The minimum absolute atomic E-state index is 0.150. The number of halogens is 1. The van der Waals surface area contributed by atoms with Crippen molar-refractivity contribution in [1.82, 2.24) is 0 Å². The monoisotopic (exact) mass is 244 g/mol. The van der Waals surface area contributed by atoms with Gasteiger partial charge in [0, 0.05) is 17.3 Å². The van der Waals surface area contributed by atoms with E-state index in [9.17, 15) is 9.50 Å². The van der Waals surface area contributed by atoms with Gasteiger partial charge < -0.3 is 10.2 Å². The molecular formula is C12H17FO2S. The molecule has 0 aliphatic carbocycles. The summed E-state index contributed by atoms with van der Waals surface area (Å²) in [7, 11) is 0. The number of benzene rings is 1. The predicted octanol–water partition coefficient (Wildman–Crippen LogP) is 2.66. The van der Waals surface area contributed by atoms with Gasteiger partial charge in [0.25, 0.3) is 0 Å². The van der Waals surface area contributed by atoms with Crippen molar-refractivity contribution in [3.05, 3.63) is 29.1 Å². The molecule has 1 aromatic rings. The van der Waals surface area contributed by atoms with Crippen molar-refractivity contribution in [2.45, 2.75) is 31.3 Å². The van der Waals surface area contributed by atoms with Crippen molar-refractivity contribution in [1.29, 1.82) is 0 Å². The van der Waals surface area contributed by atoms with Crippen molar-refractivity contribution in [2.75, 3.05) is 12.4 Å². The first-order valence-electron chi connectivity index (χ1n) is 5.28. The molecule has 4 heteroatoms. The van der Waals surface area contributed by atoms with Gasteiger partial charge in [-0.2, -0.15) is 0 Å². The summed E-state index contributed by atoms with van der Waals surface area (Å²) in [6, 6.07) is 3.14. The number of aliphatic hydroxyl groups is 2. The maximum absolute atomic E-state index is 13.3. The third kappa shape index (κ3) is 3.47. The quantitative estimate of drug-likeness (QED) is 0.618. The smallest absolute Gasteiger partial charge is 0.126 e. The normalized spacial score (nSPS) is 12.8. The largest absolute Gasteiger partial charge is 0.396 e. The molecule has 1 rings (SSSR count). The third-order valence-corrected chi connectivity index (χ3v) is 3.46. The van der Waals surface area contributed by atoms with Crippen LogP contribution in [0.2, 0.25) is 0 Å². The molecule has 0 saturated heterocycles. The number of hydrogen-bond acceptors (Lipinski definition) is 3. The summed E-state index contributed by atoms with van der Waals surface area (Å²) in [5.41, 5.74) is 1.20. The summed E-state index contributed by atoms with van der Waals surface area (Å²) in [6.45, 7) is 3.48. The summed E-state index contributed by atoms with van der Waals surface area (Å²) in [4.78, 5) is 0.891. The van der Waals surface area contributed by atoms with E-state index in [1.165, 1.54) is 17.8 Å². The number of hydrogen-bond donors (Lipinski definition) is 2. The van der Waals surface area contributed by atoms with Crippen LogP contribution < -0.4 is 0 Å². The van der Waals surface area contributed by atoms with Gasteiger partial charge in [-0.1, -0.05) is 0 Å². The highest BCUT2D eigenvalue weighted by molar-refractivity contribution is 7.99. The fraction of sp³-hybridized carbons (Fsp3) is 0.500. The highest BCUT2D eigenvalue weighted by atomic mass is 32.2. The Balaban J connectivity index is 2.91. The second-order valence-corrected chi connectivity index (χ2v) is 4.88. The Bertz CT molecular complexity index is 353. The predicted molar refractivity (Wildman–Crippen MR) is 64.2 cm³/mol. The molecule has 0 aliphatic heterocycles. The molecule has 0 amide bonds. The van der Waals surface area contributed by atoms with Crippen LogP contribution in [0.25, 0.3) is 0 Å². The lowest BCUT2D eigenvalue weighted by atomic mass is 10.1. The van der Waals surface area contributed by atoms with Crippen molar-refractivity contribution >= 4 is 11.8 Å². The summed E-state index contributed by atoms with van der Waals surface area (Å²) < 4.78 is 13.3. The first kappa shape index (κ1) is 13.5. The zero-order valence-electron chi connectivity index (χ0n) is 9.53. The third-order valence-electron chi connectivity index (χ3n) is 2.30. The summed E-state index contributed by atoms with van der Waals surface area (Å²) >= 11 is 1.54. The molecule has 1 atom stereocenters. The first-order valence-corrected chi connectivity index (χ1v) is 6.26. The Morgan fingerprint density at radius 1 is 1.44 bits per heavy atom. The first-order chi connectivity index (χ1) is 7.56. The average molecular weight is 244 g/mol. The molecule has 0 fully saturated rings. The molecule has 0 spiro atoms. The summed E-state index contributed by atoms with van der Waals surface area (Å²) in [6.07, 6.45) is 0.0205. The van der Waals surface area contributed by atoms with Crippen LogP contribution in [0.3, 0.4) is 0 Å². The molecule has 2 nitrogen and oxygen atoms in total. The standard InChI is InChI=1S/C12H17FO2S/c1-8-6-12(16-5-3-4-14)10(9(2)15)7-11(8)13/h6-7,9,14-15H,3-5H2,1-2H3/t9-/m1/s1. The van der Waals surface area contributed by atoms with Gasteiger partial charge in [-0.3, -0.25) is 0 Å². The topological polar surface area (TPSA) is 40.5 Å². The number of aliphatic hydroxyl groups excluding tert-OH is 2. The molecule has 16 heavy (non-hydrogen) atoms. The highest BCUT2D eigenvalue weighted by Gasteiger charge is 2.11. The number of rotatable bonds is 5. The van der Waals surface area contributed by atoms with Gasteiger partial charge in [0.15, 0.2) is 0 Å². The van der Waals surface area contributed by atoms with Crippen LogP contribution in [0.4, 0.5) is 4.39 Å². The van der Waals surface area contributed by atoms with Gasteiger partial charge in [0.05, 0.1) is 6.10 Å². The Labute approximate surface area is 99.5 Å². The van der Waals surface area contributed by atoms with Gasteiger partial charge in [-0.05, 0) is 43.5 Å². The van der Waals surface area contributed by atoms with Crippen LogP contribution in [-0.2, 0) is 0 Å². The minimum atomic E-state index is -0.674. The molecule has 90 valence electrons. The Hall–Kier alpha value is -0.580. The van der Waals surface area contributed by atoms with E-state index < -0.39 is 6.10 Å². The van der Waals surface area contributed by atoms with Gasteiger partial charge in [-0.25, -0.2) is 4.39 Å². The Kier molecular flexibility index (Phi) is 5.25. The van der Waals surface area contributed by atoms with E-state index in [1.54, 1.807) is 19.9 Å². The van der Waals surface area contributed by atoms with Crippen LogP contribution in [0.5, 0.6) is 0 Å². The highest BCUT2D eigenvalue weighted by Crippen LogP contribution is 2.30. The molecule has 0 heterocycles. The van der Waals surface area contributed by atoms with Crippen LogP contribution in [-0.4, -0.2) is 22.6 Å². The molecule has 0 bridgehead atoms. The lowest BCUT2D eigenvalue weighted by Gasteiger charge is -2.13. The van der Waals surface area contributed by atoms with Crippen LogP contribution >= 0.6 is 11.8 Å². The van der Waals surface area contributed by atoms with E-state index >= 15 is 0 Å².